The van der Waals surface area contributed by atoms with Crippen LogP contribution in [0.5, 0.6) is 0 Å². The smallest absolute Gasteiger partial charge is 0.282 e. The van der Waals surface area contributed by atoms with E-state index in [1.807, 2.05) is 26.8 Å². The maximum Gasteiger partial charge on any atom is 0.282 e. The number of halogens is 1. The number of amides is 1. The molecular formula is C19H22ClN5O2S. The Labute approximate surface area is 172 Å². The Hall–Kier alpha value is -2.32. The first-order chi connectivity index (χ1) is 13.2. The lowest BCUT2D eigenvalue weighted by Gasteiger charge is -2.13. The third-order valence-corrected chi connectivity index (χ3v) is 5.27. The molecule has 3 rings (SSSR count). The predicted octanol–water partition coefficient (Wildman–Crippen LogP) is 3.48. The van der Waals surface area contributed by atoms with E-state index in [4.69, 9.17) is 11.6 Å². The number of carbonyl (C=O) groups excluding carboxylic acids is 1. The summed E-state index contributed by atoms with van der Waals surface area (Å²) < 4.78 is 3.16. The van der Waals surface area contributed by atoms with E-state index in [0.29, 0.717) is 33.4 Å². The fourth-order valence-corrected chi connectivity index (χ4v) is 3.85. The number of thioether (sulfide) groups is 1. The van der Waals surface area contributed by atoms with Gasteiger partial charge in [-0.2, -0.15) is 5.10 Å². The van der Waals surface area contributed by atoms with Crippen LogP contribution in [-0.2, 0) is 18.4 Å². The zero-order chi connectivity index (χ0) is 20.4. The molecule has 0 fully saturated rings. The molecular weight excluding hydrogens is 398 g/mol. The van der Waals surface area contributed by atoms with E-state index in [0.717, 1.165) is 5.56 Å². The van der Waals surface area contributed by atoms with Gasteiger partial charge in [0.2, 0.25) is 5.91 Å². The Morgan fingerprint density at radius 2 is 2.11 bits per heavy atom. The van der Waals surface area contributed by atoms with Gasteiger partial charge in [-0.1, -0.05) is 43.3 Å². The molecule has 0 bridgehead atoms. The monoisotopic (exact) mass is 419 g/mol. The maximum absolute atomic E-state index is 12.8. The zero-order valence-electron chi connectivity index (χ0n) is 16.2. The fourth-order valence-electron chi connectivity index (χ4n) is 2.76. The van der Waals surface area contributed by atoms with Crippen LogP contribution < -0.4 is 10.9 Å². The average Bonchev–Trinajstić information content (AvgIpc) is 2.99. The molecule has 0 saturated carbocycles. The number of anilines is 1. The highest BCUT2D eigenvalue weighted by Crippen LogP contribution is 2.24. The van der Waals surface area contributed by atoms with Gasteiger partial charge >= 0.3 is 0 Å². The molecule has 1 aromatic carbocycles. The van der Waals surface area contributed by atoms with E-state index in [9.17, 15) is 9.59 Å². The Balaban J connectivity index is 1.82. The van der Waals surface area contributed by atoms with Gasteiger partial charge in [0.25, 0.3) is 5.56 Å². The summed E-state index contributed by atoms with van der Waals surface area (Å²) in [6.45, 7) is 6.48. The third kappa shape index (κ3) is 4.56. The topological polar surface area (TPSA) is 81.8 Å². The average molecular weight is 420 g/mol. The summed E-state index contributed by atoms with van der Waals surface area (Å²) in [7, 11) is 1.75. The number of rotatable bonds is 6. The number of hydrogen-bond acceptors (Lipinski definition) is 5. The maximum atomic E-state index is 12.8. The van der Waals surface area contributed by atoms with E-state index >= 15 is 0 Å². The van der Waals surface area contributed by atoms with Crippen LogP contribution in [0.3, 0.4) is 0 Å². The number of carbonyl (C=O) groups is 1. The normalized spacial score (nSPS) is 11.4. The van der Waals surface area contributed by atoms with Gasteiger partial charge < -0.3 is 5.32 Å². The van der Waals surface area contributed by atoms with Crippen LogP contribution in [0.1, 0.15) is 19.4 Å². The largest absolute Gasteiger partial charge is 0.324 e. The molecule has 0 spiro atoms. The molecule has 28 heavy (non-hydrogen) atoms. The second-order valence-corrected chi connectivity index (χ2v) is 8.41. The van der Waals surface area contributed by atoms with E-state index in [2.05, 4.69) is 15.4 Å². The molecule has 9 heteroatoms. The summed E-state index contributed by atoms with van der Waals surface area (Å²) >= 11 is 7.40. The molecule has 0 atom stereocenters. The van der Waals surface area contributed by atoms with Crippen LogP contribution in [-0.4, -0.2) is 31.0 Å². The van der Waals surface area contributed by atoms with Gasteiger partial charge in [-0.05, 0) is 30.5 Å². The Bertz CT molecular complexity index is 1090. The molecule has 0 saturated heterocycles. The second kappa shape index (κ2) is 8.36. The van der Waals surface area contributed by atoms with Crippen LogP contribution in [0.4, 0.5) is 5.69 Å². The summed E-state index contributed by atoms with van der Waals surface area (Å²) in [6.07, 6.45) is 1.70. The minimum Gasteiger partial charge on any atom is -0.324 e. The van der Waals surface area contributed by atoms with Gasteiger partial charge in [0.1, 0.15) is 5.52 Å². The van der Waals surface area contributed by atoms with Crippen LogP contribution in [0, 0.1) is 12.8 Å². The summed E-state index contributed by atoms with van der Waals surface area (Å²) in [5, 5.41) is 8.00. The number of hydrogen-bond donors (Lipinski definition) is 1. The van der Waals surface area contributed by atoms with Crippen LogP contribution in [0.15, 0.2) is 34.3 Å². The number of fused-ring (bicyclic) bond motifs is 1. The molecule has 0 aliphatic rings. The highest BCUT2D eigenvalue weighted by Gasteiger charge is 2.16. The van der Waals surface area contributed by atoms with E-state index in [1.165, 1.54) is 11.8 Å². The van der Waals surface area contributed by atoms with Gasteiger partial charge in [0, 0.05) is 13.6 Å². The highest BCUT2D eigenvalue weighted by molar-refractivity contribution is 7.99. The second-order valence-electron chi connectivity index (χ2n) is 7.06. The first-order valence-corrected chi connectivity index (χ1v) is 10.2. The van der Waals surface area contributed by atoms with Crippen molar-refractivity contribution in [3.63, 3.8) is 0 Å². The molecule has 2 aromatic heterocycles. The highest BCUT2D eigenvalue weighted by atomic mass is 35.5. The Morgan fingerprint density at radius 1 is 1.36 bits per heavy atom. The SMILES string of the molecule is Cc1ccc(NC(=O)CSc2nc3cn(C)nc3c(=O)n2CC(C)C)c(Cl)c1. The van der Waals surface area contributed by atoms with Crippen molar-refractivity contribution in [1.29, 1.82) is 0 Å². The van der Waals surface area contributed by atoms with Crippen molar-refractivity contribution in [2.75, 3.05) is 11.1 Å². The lowest BCUT2D eigenvalue weighted by Crippen LogP contribution is -2.26. The predicted molar refractivity (Wildman–Crippen MR) is 113 cm³/mol. The minimum atomic E-state index is -0.215. The Morgan fingerprint density at radius 3 is 2.79 bits per heavy atom. The first kappa shape index (κ1) is 20.4. The van der Waals surface area contributed by atoms with E-state index in [1.54, 1.807) is 34.6 Å². The van der Waals surface area contributed by atoms with Crippen molar-refractivity contribution in [3.8, 4) is 0 Å². The molecule has 148 valence electrons. The molecule has 0 unspecified atom stereocenters. The standard InChI is InChI=1S/C19H22ClN5O2S/c1-11(2)8-25-18(27)17-15(9-24(4)23-17)22-19(25)28-10-16(26)21-14-6-5-12(3)7-13(14)20/h5-7,9,11H,8,10H2,1-4H3,(H,21,26). The van der Waals surface area contributed by atoms with Crippen LogP contribution in [0.2, 0.25) is 5.02 Å². The van der Waals surface area contributed by atoms with Gasteiger partial charge in [-0.3, -0.25) is 18.8 Å². The van der Waals surface area contributed by atoms with Crippen molar-refractivity contribution in [1.82, 2.24) is 19.3 Å². The lowest BCUT2D eigenvalue weighted by molar-refractivity contribution is -0.113. The number of nitrogens with one attached hydrogen (secondary N) is 1. The van der Waals surface area contributed by atoms with Crippen molar-refractivity contribution >= 4 is 46.0 Å². The Kier molecular flexibility index (Phi) is 6.10. The molecule has 0 aliphatic carbocycles. The first-order valence-electron chi connectivity index (χ1n) is 8.87. The van der Waals surface area contributed by atoms with Crippen LogP contribution in [0.25, 0.3) is 11.0 Å². The molecule has 0 radical (unpaired) electrons. The summed E-state index contributed by atoms with van der Waals surface area (Å²) in [5.74, 6) is 0.146. The lowest BCUT2D eigenvalue weighted by atomic mass is 10.2. The fraction of sp³-hybridized carbons (Fsp3) is 0.368. The van der Waals surface area contributed by atoms with Gasteiger partial charge in [-0.15, -0.1) is 0 Å². The summed E-state index contributed by atoms with van der Waals surface area (Å²) in [5.41, 5.74) is 2.25. The van der Waals surface area contributed by atoms with Crippen molar-refractivity contribution in [3.05, 3.63) is 45.3 Å². The van der Waals surface area contributed by atoms with Gasteiger partial charge in [-0.25, -0.2) is 4.98 Å². The van der Waals surface area contributed by atoms with Crippen molar-refractivity contribution < 1.29 is 4.79 Å². The molecule has 2 heterocycles. The molecule has 0 aliphatic heterocycles. The summed E-state index contributed by atoms with van der Waals surface area (Å²) in [4.78, 5) is 29.8. The number of benzene rings is 1. The molecule has 7 nitrogen and oxygen atoms in total. The quantitative estimate of drug-likeness (QED) is 0.488. The molecule has 1 amide bonds. The summed E-state index contributed by atoms with van der Waals surface area (Å²) in [6, 6.07) is 5.45. The number of nitrogens with zero attached hydrogens (tertiary/aromatic N) is 4. The van der Waals surface area contributed by atoms with Crippen molar-refractivity contribution in [2.24, 2.45) is 13.0 Å². The van der Waals surface area contributed by atoms with E-state index < -0.39 is 0 Å². The molecule has 3 aromatic rings. The number of aryl methyl sites for hydroxylation is 2. The molecule has 1 N–H and O–H groups in total. The van der Waals surface area contributed by atoms with Crippen molar-refractivity contribution in [2.45, 2.75) is 32.5 Å². The van der Waals surface area contributed by atoms with Gasteiger partial charge in [0.05, 0.1) is 22.7 Å². The van der Waals surface area contributed by atoms with Gasteiger partial charge in [0.15, 0.2) is 10.7 Å². The van der Waals surface area contributed by atoms with E-state index in [-0.39, 0.29) is 23.1 Å². The minimum absolute atomic E-state index is 0.112. The zero-order valence-corrected chi connectivity index (χ0v) is 17.8. The third-order valence-electron chi connectivity index (χ3n) is 3.98. The number of aromatic nitrogens is 4. The van der Waals surface area contributed by atoms with Crippen LogP contribution >= 0.6 is 23.4 Å².